The molecule has 4 N–H and O–H groups in total. The van der Waals surface area contributed by atoms with Crippen LogP contribution in [0.15, 0.2) is 53.2 Å². The van der Waals surface area contributed by atoms with E-state index in [1.807, 2.05) is 24.3 Å². The molecule has 0 bridgehead atoms. The Hall–Kier alpha value is -4.54. The number of hydrogen-bond donors (Lipinski definition) is 4. The first-order valence-corrected chi connectivity index (χ1v) is 12.9. The molecule has 0 radical (unpaired) electrons. The Kier molecular flexibility index (Phi) is 9.03. The Morgan fingerprint density at radius 2 is 1.64 bits per heavy atom. The van der Waals surface area contributed by atoms with Crippen molar-refractivity contribution in [2.24, 2.45) is 5.92 Å². The largest absolute Gasteiger partial charge is 0.451 e. The minimum absolute atomic E-state index is 0.0738. The molecule has 1 fully saturated rings. The molecule has 1 aliphatic carbocycles. The van der Waals surface area contributed by atoms with E-state index in [1.165, 1.54) is 13.1 Å². The molecule has 2 aromatic heterocycles. The molecule has 1 unspecified atom stereocenters. The van der Waals surface area contributed by atoms with Crippen LogP contribution in [-0.4, -0.2) is 53.7 Å². The highest BCUT2D eigenvalue weighted by atomic mass is 16.4. The minimum atomic E-state index is -0.606. The van der Waals surface area contributed by atoms with Gasteiger partial charge in [0.05, 0.1) is 0 Å². The van der Waals surface area contributed by atoms with Crippen molar-refractivity contribution in [3.63, 3.8) is 0 Å². The maximum atomic E-state index is 13.0. The summed E-state index contributed by atoms with van der Waals surface area (Å²) in [5.74, 6) is -0.815. The topological polar surface area (TPSA) is 155 Å². The Bertz CT molecular complexity index is 1350. The molecule has 0 spiro atoms. The van der Waals surface area contributed by atoms with Crippen molar-refractivity contribution in [1.82, 2.24) is 31.2 Å². The van der Waals surface area contributed by atoms with Gasteiger partial charge in [0.15, 0.2) is 5.76 Å². The van der Waals surface area contributed by atoms with E-state index in [0.717, 1.165) is 49.6 Å². The average Bonchev–Trinajstić information content (AvgIpc) is 3.49. The molecule has 4 amide bonds. The maximum Gasteiger partial charge on any atom is 0.287 e. The number of nitrogens with one attached hydrogen (secondary N) is 4. The van der Waals surface area contributed by atoms with Crippen LogP contribution in [0, 0.1) is 5.92 Å². The van der Waals surface area contributed by atoms with Gasteiger partial charge in [-0.1, -0.05) is 37.5 Å². The number of amides is 4. The lowest BCUT2D eigenvalue weighted by molar-refractivity contribution is -0.124. The fourth-order valence-electron chi connectivity index (χ4n) is 4.69. The second kappa shape index (κ2) is 12.8. The molecule has 1 aliphatic rings. The Morgan fingerprint density at radius 1 is 0.897 bits per heavy atom. The molecule has 11 nitrogen and oxygen atoms in total. The summed E-state index contributed by atoms with van der Waals surface area (Å²) in [5, 5.41) is 10.8. The molecular formula is C28H32N6O5. The lowest BCUT2D eigenvalue weighted by atomic mass is 9.83. The van der Waals surface area contributed by atoms with Crippen molar-refractivity contribution < 1.29 is 23.6 Å². The van der Waals surface area contributed by atoms with Gasteiger partial charge in [0.1, 0.15) is 29.5 Å². The van der Waals surface area contributed by atoms with Gasteiger partial charge in [-0.2, -0.15) is 0 Å². The van der Waals surface area contributed by atoms with Crippen molar-refractivity contribution in [1.29, 1.82) is 0 Å². The number of nitrogens with zero attached hydrogens (tertiary/aromatic N) is 2. The number of likely N-dealkylation sites (N-methyl/N-ethyl adjacent to an activating group) is 1. The third-order valence-corrected chi connectivity index (χ3v) is 6.79. The SMILES string of the molecule is CNC(=O)c1cc(C(=O)NCc2cccc(-c3ccc(C(=O)NC(C(=O)NC)C4CCCCC4)o3)c2)ncn1. The van der Waals surface area contributed by atoms with Gasteiger partial charge in [0.25, 0.3) is 17.7 Å². The van der Waals surface area contributed by atoms with E-state index in [1.54, 1.807) is 19.2 Å². The zero-order chi connectivity index (χ0) is 27.8. The van der Waals surface area contributed by atoms with Crippen LogP contribution in [0.25, 0.3) is 11.3 Å². The molecule has 0 saturated heterocycles. The van der Waals surface area contributed by atoms with Gasteiger partial charge in [-0.15, -0.1) is 0 Å². The highest BCUT2D eigenvalue weighted by Gasteiger charge is 2.31. The fourth-order valence-corrected chi connectivity index (χ4v) is 4.69. The summed E-state index contributed by atoms with van der Waals surface area (Å²) in [4.78, 5) is 57.6. The van der Waals surface area contributed by atoms with Gasteiger partial charge in [-0.3, -0.25) is 19.2 Å². The molecule has 1 atom stereocenters. The number of aromatic nitrogens is 2. The van der Waals surface area contributed by atoms with Crippen molar-refractivity contribution in [2.75, 3.05) is 14.1 Å². The van der Waals surface area contributed by atoms with Crippen LogP contribution in [-0.2, 0) is 11.3 Å². The summed E-state index contributed by atoms with van der Waals surface area (Å²) in [6.07, 6.45) is 6.21. The molecule has 1 saturated carbocycles. The van der Waals surface area contributed by atoms with Crippen LogP contribution in [0.2, 0.25) is 0 Å². The third-order valence-electron chi connectivity index (χ3n) is 6.79. The fraction of sp³-hybridized carbons (Fsp3) is 0.357. The molecule has 39 heavy (non-hydrogen) atoms. The number of carbonyl (C=O) groups excluding carboxylic acids is 4. The van der Waals surface area contributed by atoms with E-state index in [9.17, 15) is 19.2 Å². The van der Waals surface area contributed by atoms with Crippen LogP contribution in [0.3, 0.4) is 0 Å². The number of rotatable bonds is 9. The molecule has 204 valence electrons. The van der Waals surface area contributed by atoms with E-state index >= 15 is 0 Å². The first-order chi connectivity index (χ1) is 18.9. The van der Waals surface area contributed by atoms with Crippen molar-refractivity contribution in [2.45, 2.75) is 44.7 Å². The molecule has 2 heterocycles. The minimum Gasteiger partial charge on any atom is -0.451 e. The molecule has 1 aromatic carbocycles. The normalized spacial score (nSPS) is 14.2. The van der Waals surface area contributed by atoms with E-state index in [0.29, 0.717) is 5.76 Å². The quantitative estimate of drug-likeness (QED) is 0.330. The van der Waals surface area contributed by atoms with Gasteiger partial charge in [-0.25, -0.2) is 9.97 Å². The van der Waals surface area contributed by atoms with Crippen LogP contribution in [0.1, 0.15) is 69.2 Å². The monoisotopic (exact) mass is 532 g/mol. The highest BCUT2D eigenvalue weighted by Crippen LogP contribution is 2.28. The van der Waals surface area contributed by atoms with Crippen molar-refractivity contribution >= 4 is 23.6 Å². The Labute approximate surface area is 226 Å². The predicted molar refractivity (Wildman–Crippen MR) is 143 cm³/mol. The molecule has 4 rings (SSSR count). The van der Waals surface area contributed by atoms with Gasteiger partial charge < -0.3 is 25.7 Å². The second-order valence-electron chi connectivity index (χ2n) is 9.38. The molecular weight excluding hydrogens is 500 g/mol. The smallest absolute Gasteiger partial charge is 0.287 e. The number of hydrogen-bond acceptors (Lipinski definition) is 7. The van der Waals surface area contributed by atoms with Crippen LogP contribution < -0.4 is 21.3 Å². The zero-order valence-electron chi connectivity index (χ0n) is 22.0. The lowest BCUT2D eigenvalue weighted by Crippen LogP contribution is -2.50. The highest BCUT2D eigenvalue weighted by molar-refractivity contribution is 5.97. The number of benzene rings is 1. The molecule has 11 heteroatoms. The number of carbonyl (C=O) groups is 4. The third kappa shape index (κ3) is 6.86. The average molecular weight is 533 g/mol. The van der Waals surface area contributed by atoms with Crippen molar-refractivity contribution in [3.8, 4) is 11.3 Å². The zero-order valence-corrected chi connectivity index (χ0v) is 22.0. The van der Waals surface area contributed by atoms with Gasteiger partial charge in [0.2, 0.25) is 5.91 Å². The lowest BCUT2D eigenvalue weighted by Gasteiger charge is -2.29. The number of furan rings is 1. The van der Waals surface area contributed by atoms with E-state index in [2.05, 4.69) is 31.2 Å². The second-order valence-corrected chi connectivity index (χ2v) is 9.38. The Morgan fingerprint density at radius 3 is 2.36 bits per heavy atom. The Balaban J connectivity index is 1.40. The van der Waals surface area contributed by atoms with Gasteiger partial charge >= 0.3 is 0 Å². The summed E-state index contributed by atoms with van der Waals surface area (Å²) in [6.45, 7) is 0.204. The summed E-state index contributed by atoms with van der Waals surface area (Å²) >= 11 is 0. The van der Waals surface area contributed by atoms with Gasteiger partial charge in [-0.05, 0) is 42.5 Å². The summed E-state index contributed by atoms with van der Waals surface area (Å²) in [5.41, 5.74) is 1.68. The first kappa shape index (κ1) is 27.5. The van der Waals surface area contributed by atoms with E-state index in [-0.39, 0.29) is 35.5 Å². The summed E-state index contributed by atoms with van der Waals surface area (Å²) in [6, 6.07) is 11.3. The standard InChI is InChI=1S/C28H32N6O5/c1-29-25(35)20-14-21(33-16-32-20)26(36)31-15-17-7-6-10-19(13-17)22-11-12-23(39-22)27(37)34-24(28(38)30-2)18-8-4-3-5-9-18/h6-7,10-14,16,18,24H,3-5,8-9,15H2,1-2H3,(H,29,35)(H,30,38)(H,31,36)(H,34,37). The molecule has 3 aromatic rings. The van der Waals surface area contributed by atoms with Gasteiger partial charge in [0, 0.05) is 32.3 Å². The van der Waals surface area contributed by atoms with E-state index < -0.39 is 23.8 Å². The molecule has 0 aliphatic heterocycles. The van der Waals surface area contributed by atoms with Crippen molar-refractivity contribution in [3.05, 3.63) is 71.5 Å². The van der Waals surface area contributed by atoms with Crippen LogP contribution in [0.5, 0.6) is 0 Å². The summed E-state index contributed by atoms with van der Waals surface area (Å²) < 4.78 is 5.84. The predicted octanol–water partition coefficient (Wildman–Crippen LogP) is 2.45. The maximum absolute atomic E-state index is 13.0. The van der Waals surface area contributed by atoms with Crippen LogP contribution >= 0.6 is 0 Å². The van der Waals surface area contributed by atoms with Crippen LogP contribution in [0.4, 0.5) is 0 Å². The van der Waals surface area contributed by atoms with E-state index in [4.69, 9.17) is 4.42 Å². The first-order valence-electron chi connectivity index (χ1n) is 12.9. The summed E-state index contributed by atoms with van der Waals surface area (Å²) in [7, 11) is 3.05.